The molecule has 0 amide bonds. The van der Waals surface area contributed by atoms with Gasteiger partial charge in [-0.05, 0) is 61.4 Å². The molecule has 0 saturated heterocycles. The lowest BCUT2D eigenvalue weighted by atomic mass is 9.77. The molecule has 8 heteroatoms. The topological polar surface area (TPSA) is 61.1 Å². The highest BCUT2D eigenvalue weighted by atomic mass is 32.2. The van der Waals surface area contributed by atoms with Crippen LogP contribution in [-0.4, -0.2) is 18.5 Å². The van der Waals surface area contributed by atoms with E-state index < -0.39 is 15.6 Å². The van der Waals surface area contributed by atoms with Crippen LogP contribution in [0.5, 0.6) is 0 Å². The summed E-state index contributed by atoms with van der Waals surface area (Å²) in [6.45, 7) is 2.17. The Morgan fingerprint density at radius 1 is 0.651 bits per heavy atom. The standard InChI is InChI=1S/C34H28N.CHF3O3S/c1-23-15-19-27(20-16-23)35-33-28-13-7-5-9-24(28)17-21-30(33)32(26-11-3-2-4-12-26)31-22-18-25-10-6-8-14-29(25)34(31)35;2-1(3,4)8(5,6)7/h2-16,19-20H,17-18,21-22H2,1H3;(H,5,6,7)/q+1;/p-1. The number of alkyl halides is 3. The first-order valence-electron chi connectivity index (χ1n) is 14.0. The molecular weight excluding hydrogens is 571 g/mol. The van der Waals surface area contributed by atoms with Gasteiger partial charge in [-0.2, -0.15) is 17.7 Å². The van der Waals surface area contributed by atoms with Crippen LogP contribution in [-0.2, 0) is 35.8 Å². The maximum absolute atomic E-state index is 10.7. The average molecular weight is 600 g/mol. The van der Waals surface area contributed by atoms with Crippen LogP contribution in [0.15, 0.2) is 103 Å². The van der Waals surface area contributed by atoms with Crippen LogP contribution >= 0.6 is 0 Å². The Bertz CT molecular complexity index is 1860. The van der Waals surface area contributed by atoms with Gasteiger partial charge in [-0.3, -0.25) is 0 Å². The quantitative estimate of drug-likeness (QED) is 0.120. The first-order chi connectivity index (χ1) is 20.5. The Labute approximate surface area is 248 Å². The zero-order valence-corrected chi connectivity index (χ0v) is 24.2. The molecule has 4 nitrogen and oxygen atoms in total. The third-order valence-corrected chi connectivity index (χ3v) is 8.66. The molecule has 2 aliphatic rings. The van der Waals surface area contributed by atoms with E-state index in [1.165, 1.54) is 67.1 Å². The van der Waals surface area contributed by atoms with E-state index in [9.17, 15) is 13.2 Å². The number of hydrogen-bond donors (Lipinski definition) is 0. The van der Waals surface area contributed by atoms with Crippen molar-refractivity contribution in [1.82, 2.24) is 0 Å². The van der Waals surface area contributed by atoms with E-state index in [0.717, 1.165) is 25.7 Å². The normalized spacial score (nSPS) is 13.5. The highest BCUT2D eigenvalue weighted by molar-refractivity contribution is 7.86. The van der Waals surface area contributed by atoms with Crippen molar-refractivity contribution in [3.63, 3.8) is 0 Å². The summed E-state index contributed by atoms with van der Waals surface area (Å²) in [4.78, 5) is 0. The van der Waals surface area contributed by atoms with Crippen molar-refractivity contribution in [3.05, 3.63) is 131 Å². The van der Waals surface area contributed by atoms with Gasteiger partial charge >= 0.3 is 5.51 Å². The van der Waals surface area contributed by atoms with Crippen LogP contribution in [0.25, 0.3) is 39.3 Å². The van der Waals surface area contributed by atoms with Crippen molar-refractivity contribution >= 4 is 10.1 Å². The Morgan fingerprint density at radius 2 is 1.09 bits per heavy atom. The highest BCUT2D eigenvalue weighted by Gasteiger charge is 2.39. The van der Waals surface area contributed by atoms with Gasteiger partial charge < -0.3 is 4.55 Å². The number of nitrogens with zero attached hydrogens (tertiary/aromatic N) is 1. The zero-order chi connectivity index (χ0) is 30.4. The number of aromatic nitrogens is 1. The zero-order valence-electron chi connectivity index (χ0n) is 23.4. The Morgan fingerprint density at radius 3 is 1.56 bits per heavy atom. The van der Waals surface area contributed by atoms with Gasteiger partial charge in [-0.1, -0.05) is 84.4 Å². The van der Waals surface area contributed by atoms with Crippen molar-refractivity contribution < 1.29 is 30.7 Å². The SMILES string of the molecule is Cc1ccc(-[n+]2c3c(c(-c4ccccc4)c4c2-c2ccccc2CC4)CCc2ccccc2-3)cc1.O=S(=O)([O-])C(F)(F)F. The fourth-order valence-corrected chi connectivity index (χ4v) is 6.22. The van der Waals surface area contributed by atoms with Crippen LogP contribution in [0.1, 0.15) is 27.8 Å². The minimum Gasteiger partial charge on any atom is -0.741 e. The van der Waals surface area contributed by atoms with Crippen LogP contribution in [0.4, 0.5) is 13.2 Å². The second-order valence-electron chi connectivity index (χ2n) is 10.8. The number of rotatable bonds is 2. The summed E-state index contributed by atoms with van der Waals surface area (Å²) in [5, 5.41) is 0. The van der Waals surface area contributed by atoms with Gasteiger partial charge in [-0.25, -0.2) is 8.42 Å². The number of benzene rings is 4. The molecule has 4 aromatic carbocycles. The summed E-state index contributed by atoms with van der Waals surface area (Å²) in [6.07, 6.45) is 4.31. The molecule has 0 atom stereocenters. The van der Waals surface area contributed by atoms with Gasteiger partial charge in [-0.15, -0.1) is 0 Å². The van der Waals surface area contributed by atoms with Crippen LogP contribution in [0.3, 0.4) is 0 Å². The molecule has 43 heavy (non-hydrogen) atoms. The van der Waals surface area contributed by atoms with Gasteiger partial charge in [0, 0.05) is 28.8 Å². The molecule has 1 heterocycles. The minimum atomic E-state index is -6.09. The number of aryl methyl sites for hydroxylation is 3. The molecule has 0 fully saturated rings. The number of fused-ring (bicyclic) bond motifs is 6. The molecule has 0 N–H and O–H groups in total. The molecule has 0 bridgehead atoms. The van der Waals surface area contributed by atoms with E-state index in [0.29, 0.717) is 0 Å². The van der Waals surface area contributed by atoms with E-state index in [1.54, 1.807) is 0 Å². The minimum absolute atomic E-state index is 1.07. The van der Waals surface area contributed by atoms with Gasteiger partial charge in [0.25, 0.3) is 0 Å². The smallest absolute Gasteiger partial charge is 0.485 e. The van der Waals surface area contributed by atoms with Crippen molar-refractivity contribution in [2.45, 2.75) is 38.1 Å². The lowest BCUT2D eigenvalue weighted by molar-refractivity contribution is -0.573. The molecule has 0 saturated carbocycles. The summed E-state index contributed by atoms with van der Waals surface area (Å²) in [5.74, 6) is 0. The van der Waals surface area contributed by atoms with Gasteiger partial charge in [0.2, 0.25) is 17.1 Å². The molecular formula is C35H28F3NO3S. The first-order valence-corrected chi connectivity index (χ1v) is 15.4. The second kappa shape index (κ2) is 11.1. The van der Waals surface area contributed by atoms with E-state index in [4.69, 9.17) is 13.0 Å². The summed E-state index contributed by atoms with van der Waals surface area (Å²) < 4.78 is 61.5. The number of halogens is 3. The number of hydrogen-bond acceptors (Lipinski definition) is 3. The predicted molar refractivity (Wildman–Crippen MR) is 160 cm³/mol. The van der Waals surface area contributed by atoms with Gasteiger partial charge in [0.1, 0.15) is 0 Å². The molecule has 0 spiro atoms. The first kappa shape index (κ1) is 28.8. The van der Waals surface area contributed by atoms with E-state index in [1.807, 2.05) is 0 Å². The maximum atomic E-state index is 10.7. The van der Waals surface area contributed by atoms with Crippen molar-refractivity contribution in [1.29, 1.82) is 0 Å². The van der Waals surface area contributed by atoms with E-state index >= 15 is 0 Å². The van der Waals surface area contributed by atoms with Crippen molar-refractivity contribution in [3.8, 4) is 39.3 Å². The fourth-order valence-electron chi connectivity index (χ4n) is 6.22. The van der Waals surface area contributed by atoms with Gasteiger partial charge in [0.05, 0.1) is 11.1 Å². The largest absolute Gasteiger partial charge is 0.741 e. The molecule has 218 valence electrons. The average Bonchev–Trinajstić information content (AvgIpc) is 3.00. The maximum Gasteiger partial charge on any atom is 0.485 e. The molecule has 0 radical (unpaired) electrons. The summed E-state index contributed by atoms with van der Waals surface area (Å²) in [6, 6.07) is 38.2. The highest BCUT2D eigenvalue weighted by Crippen LogP contribution is 2.45. The third-order valence-electron chi connectivity index (χ3n) is 8.09. The second-order valence-corrected chi connectivity index (χ2v) is 12.2. The van der Waals surface area contributed by atoms with Crippen LogP contribution in [0.2, 0.25) is 0 Å². The summed E-state index contributed by atoms with van der Waals surface area (Å²) >= 11 is 0. The summed E-state index contributed by atoms with van der Waals surface area (Å²) in [5.41, 5.74) is 11.1. The monoisotopic (exact) mass is 599 g/mol. The predicted octanol–water partition coefficient (Wildman–Crippen LogP) is 7.52. The van der Waals surface area contributed by atoms with E-state index in [-0.39, 0.29) is 0 Å². The lowest BCUT2D eigenvalue weighted by Gasteiger charge is -2.28. The van der Waals surface area contributed by atoms with Crippen LogP contribution < -0.4 is 4.57 Å². The molecule has 7 rings (SSSR count). The molecule has 0 aliphatic heterocycles. The fraction of sp³-hybridized carbons (Fsp3) is 0.171. The van der Waals surface area contributed by atoms with Crippen molar-refractivity contribution in [2.24, 2.45) is 0 Å². The molecule has 0 unspecified atom stereocenters. The molecule has 1 aromatic heterocycles. The van der Waals surface area contributed by atoms with Gasteiger partial charge in [0.15, 0.2) is 10.1 Å². The summed E-state index contributed by atoms with van der Waals surface area (Å²) in [7, 11) is -6.09. The molecule has 5 aromatic rings. The Kier molecular flexibility index (Phi) is 7.44. The Hall–Kier alpha value is -4.27. The van der Waals surface area contributed by atoms with Crippen LogP contribution in [0, 0.1) is 6.92 Å². The Balaban J connectivity index is 0.000000365. The van der Waals surface area contributed by atoms with E-state index in [2.05, 4.69) is 115 Å². The third kappa shape index (κ3) is 5.37. The van der Waals surface area contributed by atoms with Crippen molar-refractivity contribution in [2.75, 3.05) is 0 Å². The number of pyridine rings is 1. The lowest BCUT2D eigenvalue weighted by Crippen LogP contribution is -2.41. The molecule has 2 aliphatic carbocycles.